The van der Waals surface area contributed by atoms with Crippen LogP contribution >= 0.6 is 15.9 Å². The molecule has 3 aromatic carbocycles. The first-order chi connectivity index (χ1) is 18.8. The van der Waals surface area contributed by atoms with Crippen molar-refractivity contribution in [2.75, 3.05) is 18.5 Å². The van der Waals surface area contributed by atoms with Crippen molar-refractivity contribution in [2.45, 2.75) is 33.1 Å². The first kappa shape index (κ1) is 28.0. The Morgan fingerprint density at radius 2 is 1.95 bits per heavy atom. The van der Waals surface area contributed by atoms with Gasteiger partial charge < -0.3 is 14.8 Å². The number of carbonyl (C=O) groups excluding carboxylic acids is 1. The molecule has 0 saturated carbocycles. The van der Waals surface area contributed by atoms with E-state index >= 15 is 0 Å². The average molecular weight is 595 g/mol. The van der Waals surface area contributed by atoms with Crippen LogP contribution in [0.4, 0.5) is 10.1 Å². The number of rotatable bonds is 10. The molecule has 1 aromatic heterocycles. The third-order valence-electron chi connectivity index (χ3n) is 5.94. The van der Waals surface area contributed by atoms with E-state index < -0.39 is 11.7 Å². The summed E-state index contributed by atoms with van der Waals surface area (Å²) in [4.78, 5) is 30.4. The minimum atomic E-state index is -0.449. The molecule has 1 amide bonds. The van der Waals surface area contributed by atoms with Gasteiger partial charge in [0.1, 0.15) is 11.6 Å². The van der Waals surface area contributed by atoms with E-state index in [1.807, 2.05) is 32.9 Å². The number of fused-ring (bicyclic) bond motifs is 1. The fourth-order valence-corrected chi connectivity index (χ4v) is 4.16. The van der Waals surface area contributed by atoms with Gasteiger partial charge in [-0.3, -0.25) is 9.59 Å². The van der Waals surface area contributed by atoms with Crippen LogP contribution in [0.3, 0.4) is 0 Å². The molecule has 0 aliphatic carbocycles. The average Bonchev–Trinajstić information content (AvgIpc) is 2.92. The van der Waals surface area contributed by atoms with Crippen molar-refractivity contribution in [1.82, 2.24) is 9.66 Å². The zero-order valence-corrected chi connectivity index (χ0v) is 23.4. The summed E-state index contributed by atoms with van der Waals surface area (Å²) in [5, 5.41) is 7.54. The Morgan fingerprint density at radius 1 is 1.13 bits per heavy atom. The zero-order chi connectivity index (χ0) is 27.9. The normalized spacial score (nSPS) is 12.0. The number of nitrogens with zero attached hydrogens (tertiary/aromatic N) is 3. The van der Waals surface area contributed by atoms with Crippen molar-refractivity contribution in [3.8, 4) is 11.5 Å². The fourth-order valence-electron chi connectivity index (χ4n) is 3.80. The molecule has 1 N–H and O–H groups in total. The number of benzene rings is 3. The highest BCUT2D eigenvalue weighted by atomic mass is 79.9. The Bertz CT molecular complexity index is 1590. The number of carbonyl (C=O) groups is 1. The van der Waals surface area contributed by atoms with E-state index in [4.69, 9.17) is 14.5 Å². The second-order valence-corrected chi connectivity index (χ2v) is 9.70. The smallest absolute Gasteiger partial charge is 0.282 e. The number of ether oxygens (including phenoxy) is 2. The molecule has 4 aromatic rings. The van der Waals surface area contributed by atoms with Gasteiger partial charge in [-0.25, -0.2) is 9.37 Å². The topological polar surface area (TPSA) is 94.8 Å². The summed E-state index contributed by atoms with van der Waals surface area (Å²) >= 11 is 3.42. The quantitative estimate of drug-likeness (QED) is 0.223. The highest BCUT2D eigenvalue weighted by Crippen LogP contribution is 2.28. The van der Waals surface area contributed by atoms with Gasteiger partial charge in [0.2, 0.25) is 0 Å². The summed E-state index contributed by atoms with van der Waals surface area (Å²) in [6.07, 6.45) is 2.35. The molecule has 0 bridgehead atoms. The standard InChI is InChI=1S/C29H28BrFN4O4/c1-4-18(3)28-34-24-11-10-20(30)14-23(24)29(37)35(28)32-16-19-9-12-25(26(13-19)38-5-2)39-17-27(36)33-22-8-6-7-21(31)15-22/h6-16,18H,4-5,17H2,1-3H3,(H,33,36)/t18-/m0/s1. The predicted octanol–water partition coefficient (Wildman–Crippen LogP) is 6.11. The molecule has 0 spiro atoms. The van der Waals surface area contributed by atoms with Gasteiger partial charge >= 0.3 is 0 Å². The summed E-state index contributed by atoms with van der Waals surface area (Å²) in [5.41, 5.74) is 1.35. The van der Waals surface area contributed by atoms with E-state index in [9.17, 15) is 14.0 Å². The molecular formula is C29H28BrFN4O4. The number of hydrogen-bond donors (Lipinski definition) is 1. The molecule has 0 saturated heterocycles. The van der Waals surface area contributed by atoms with Crippen LogP contribution in [0.5, 0.6) is 11.5 Å². The molecule has 10 heteroatoms. The molecule has 1 atom stereocenters. The van der Waals surface area contributed by atoms with Crippen molar-refractivity contribution < 1.29 is 18.7 Å². The lowest BCUT2D eigenvalue weighted by atomic mass is 10.1. The second-order valence-electron chi connectivity index (χ2n) is 8.79. The molecule has 202 valence electrons. The first-order valence-corrected chi connectivity index (χ1v) is 13.3. The van der Waals surface area contributed by atoms with E-state index in [0.717, 1.165) is 10.9 Å². The van der Waals surface area contributed by atoms with E-state index in [1.165, 1.54) is 22.9 Å². The van der Waals surface area contributed by atoms with Crippen molar-refractivity contribution >= 4 is 44.6 Å². The molecule has 0 unspecified atom stereocenters. The molecule has 0 fully saturated rings. The highest BCUT2D eigenvalue weighted by molar-refractivity contribution is 9.10. The van der Waals surface area contributed by atoms with Crippen LogP contribution in [0.1, 0.15) is 44.5 Å². The van der Waals surface area contributed by atoms with Gasteiger partial charge in [0.15, 0.2) is 18.1 Å². The third kappa shape index (κ3) is 6.88. The van der Waals surface area contributed by atoms with Crippen molar-refractivity contribution in [1.29, 1.82) is 0 Å². The Hall–Kier alpha value is -4.05. The van der Waals surface area contributed by atoms with E-state index in [-0.39, 0.29) is 18.1 Å². The summed E-state index contributed by atoms with van der Waals surface area (Å²) in [6, 6.07) is 16.1. The molecule has 39 heavy (non-hydrogen) atoms. The van der Waals surface area contributed by atoms with Crippen LogP contribution in [0.25, 0.3) is 10.9 Å². The van der Waals surface area contributed by atoms with Crippen molar-refractivity contribution in [2.24, 2.45) is 5.10 Å². The van der Waals surface area contributed by atoms with E-state index in [2.05, 4.69) is 26.3 Å². The van der Waals surface area contributed by atoms with E-state index in [1.54, 1.807) is 36.5 Å². The van der Waals surface area contributed by atoms with Gasteiger partial charge in [-0.2, -0.15) is 9.78 Å². The fraction of sp³-hybridized carbons (Fsp3) is 0.241. The molecular weight excluding hydrogens is 567 g/mol. The van der Waals surface area contributed by atoms with Crippen molar-refractivity contribution in [3.63, 3.8) is 0 Å². The largest absolute Gasteiger partial charge is 0.490 e. The maximum atomic E-state index is 13.4. The van der Waals surface area contributed by atoms with E-state index in [0.29, 0.717) is 46.1 Å². The number of anilines is 1. The van der Waals surface area contributed by atoms with Gasteiger partial charge in [0.25, 0.3) is 11.5 Å². The summed E-state index contributed by atoms with van der Waals surface area (Å²) in [6.45, 7) is 5.94. The maximum absolute atomic E-state index is 13.4. The van der Waals surface area contributed by atoms with Gasteiger partial charge in [0.05, 0.1) is 23.7 Å². The first-order valence-electron chi connectivity index (χ1n) is 12.5. The molecule has 0 radical (unpaired) electrons. The van der Waals surface area contributed by atoms with Gasteiger partial charge in [0, 0.05) is 16.1 Å². The Labute approximate surface area is 233 Å². The molecule has 0 aliphatic rings. The minimum absolute atomic E-state index is 0.0104. The summed E-state index contributed by atoms with van der Waals surface area (Å²) in [7, 11) is 0. The highest BCUT2D eigenvalue weighted by Gasteiger charge is 2.16. The van der Waals surface area contributed by atoms with Crippen LogP contribution in [0.15, 0.2) is 75.0 Å². The summed E-state index contributed by atoms with van der Waals surface area (Å²) < 4.78 is 26.9. The molecule has 0 aliphatic heterocycles. The van der Waals surface area contributed by atoms with Crippen LogP contribution in [0, 0.1) is 5.82 Å². The lowest BCUT2D eigenvalue weighted by molar-refractivity contribution is -0.118. The third-order valence-corrected chi connectivity index (χ3v) is 6.44. The van der Waals surface area contributed by atoms with Crippen LogP contribution < -0.4 is 20.3 Å². The van der Waals surface area contributed by atoms with Gasteiger partial charge in [-0.05, 0) is 73.5 Å². The Kier molecular flexibility index (Phi) is 9.08. The van der Waals surface area contributed by atoms with Gasteiger partial charge in [-0.15, -0.1) is 0 Å². The Balaban J connectivity index is 1.58. The minimum Gasteiger partial charge on any atom is -0.490 e. The Morgan fingerprint density at radius 3 is 2.69 bits per heavy atom. The molecule has 1 heterocycles. The molecule has 8 nitrogen and oxygen atoms in total. The number of halogens is 2. The SMILES string of the molecule is CCOc1cc(C=Nn2c([C@@H](C)CC)nc3ccc(Br)cc3c2=O)ccc1OCC(=O)Nc1cccc(F)c1. The lowest BCUT2D eigenvalue weighted by Crippen LogP contribution is -2.23. The lowest BCUT2D eigenvalue weighted by Gasteiger charge is -2.14. The van der Waals surface area contributed by atoms with Crippen LogP contribution in [-0.4, -0.2) is 35.0 Å². The number of amides is 1. The van der Waals surface area contributed by atoms with Crippen LogP contribution in [-0.2, 0) is 4.79 Å². The van der Waals surface area contributed by atoms with Crippen molar-refractivity contribution in [3.05, 3.63) is 92.7 Å². The zero-order valence-electron chi connectivity index (χ0n) is 21.8. The number of nitrogens with one attached hydrogen (secondary N) is 1. The number of aromatic nitrogens is 2. The molecule has 4 rings (SSSR count). The summed E-state index contributed by atoms with van der Waals surface area (Å²) in [5.74, 6) is 0.462. The van der Waals surface area contributed by atoms with Gasteiger partial charge in [-0.1, -0.05) is 35.8 Å². The monoisotopic (exact) mass is 594 g/mol. The second kappa shape index (κ2) is 12.7. The maximum Gasteiger partial charge on any atom is 0.282 e. The number of hydrogen-bond acceptors (Lipinski definition) is 6. The predicted molar refractivity (Wildman–Crippen MR) is 154 cm³/mol. The van der Waals surface area contributed by atoms with Crippen LogP contribution in [0.2, 0.25) is 0 Å².